The van der Waals surface area contributed by atoms with Gasteiger partial charge in [0.2, 0.25) is 0 Å². The standard InChI is InChI=1S/C20H20N2O5/c1-20(14-7-6-12-4-3-5-13(12)10-14)18(24)22(19(25)21-20)11-16-15(8-9-27-16)17(23)26-2/h6-10H,3-5,11H2,1-2H3,(H,21,25). The topological polar surface area (TPSA) is 88.8 Å². The molecule has 2 aliphatic rings. The molecule has 0 radical (unpaired) electrons. The lowest BCUT2D eigenvalue weighted by Gasteiger charge is -2.23. The first-order chi connectivity index (χ1) is 12.9. The number of fused-ring (bicyclic) bond motifs is 1. The van der Waals surface area contributed by atoms with Crippen molar-refractivity contribution in [2.24, 2.45) is 0 Å². The third-order valence-electron chi connectivity index (χ3n) is 5.40. The number of carbonyl (C=O) groups excluding carboxylic acids is 3. The molecule has 1 unspecified atom stereocenters. The van der Waals surface area contributed by atoms with Gasteiger partial charge in [0.25, 0.3) is 5.91 Å². The first kappa shape index (κ1) is 17.3. The summed E-state index contributed by atoms with van der Waals surface area (Å²) in [6.45, 7) is 1.57. The van der Waals surface area contributed by atoms with Crippen molar-refractivity contribution in [3.63, 3.8) is 0 Å². The number of imide groups is 1. The number of hydrogen-bond acceptors (Lipinski definition) is 5. The van der Waals surface area contributed by atoms with Crippen molar-refractivity contribution in [2.75, 3.05) is 7.11 Å². The Morgan fingerprint density at radius 2 is 2.04 bits per heavy atom. The lowest BCUT2D eigenvalue weighted by Crippen LogP contribution is -2.41. The summed E-state index contributed by atoms with van der Waals surface area (Å²) in [4.78, 5) is 38.5. The van der Waals surface area contributed by atoms with Crippen LogP contribution < -0.4 is 5.32 Å². The predicted molar refractivity (Wildman–Crippen MR) is 94.9 cm³/mol. The largest absolute Gasteiger partial charge is 0.467 e. The quantitative estimate of drug-likeness (QED) is 0.662. The molecule has 2 aromatic rings. The van der Waals surface area contributed by atoms with E-state index in [1.807, 2.05) is 18.2 Å². The van der Waals surface area contributed by atoms with E-state index >= 15 is 0 Å². The third-order valence-corrected chi connectivity index (χ3v) is 5.40. The SMILES string of the molecule is COC(=O)c1ccoc1CN1C(=O)NC(C)(c2ccc3c(c2)CCC3)C1=O. The number of esters is 1. The van der Waals surface area contributed by atoms with Crippen LogP contribution in [0.5, 0.6) is 0 Å². The Hall–Kier alpha value is -3.09. The fourth-order valence-electron chi connectivity index (χ4n) is 3.82. The molecule has 1 fully saturated rings. The van der Waals surface area contributed by atoms with Gasteiger partial charge in [0.05, 0.1) is 19.9 Å². The lowest BCUT2D eigenvalue weighted by molar-refractivity contribution is -0.131. The number of methoxy groups -OCH3 is 1. The van der Waals surface area contributed by atoms with Gasteiger partial charge < -0.3 is 14.5 Å². The minimum atomic E-state index is -1.15. The molecule has 1 saturated heterocycles. The van der Waals surface area contributed by atoms with Crippen LogP contribution in [0.4, 0.5) is 4.79 Å². The van der Waals surface area contributed by atoms with Crippen molar-refractivity contribution < 1.29 is 23.5 Å². The Morgan fingerprint density at radius 1 is 1.26 bits per heavy atom. The van der Waals surface area contributed by atoms with E-state index in [0.717, 1.165) is 29.7 Å². The molecule has 27 heavy (non-hydrogen) atoms. The van der Waals surface area contributed by atoms with Gasteiger partial charge in [-0.2, -0.15) is 0 Å². The molecule has 1 aromatic heterocycles. The van der Waals surface area contributed by atoms with Crippen LogP contribution in [0.25, 0.3) is 0 Å². The molecule has 0 saturated carbocycles. The van der Waals surface area contributed by atoms with Gasteiger partial charge in [0.1, 0.15) is 16.9 Å². The third kappa shape index (κ3) is 2.70. The number of nitrogens with zero attached hydrogens (tertiary/aromatic N) is 1. The van der Waals surface area contributed by atoms with Gasteiger partial charge in [-0.1, -0.05) is 18.2 Å². The summed E-state index contributed by atoms with van der Waals surface area (Å²) in [7, 11) is 1.26. The first-order valence-corrected chi connectivity index (χ1v) is 8.85. The summed E-state index contributed by atoms with van der Waals surface area (Å²) >= 11 is 0. The second kappa shape index (κ2) is 6.26. The number of rotatable bonds is 4. The Labute approximate surface area is 156 Å². The second-order valence-corrected chi connectivity index (χ2v) is 7.03. The van der Waals surface area contributed by atoms with Crippen molar-refractivity contribution in [1.29, 1.82) is 0 Å². The Morgan fingerprint density at radius 3 is 2.81 bits per heavy atom. The summed E-state index contributed by atoms with van der Waals surface area (Å²) in [5.41, 5.74) is 2.34. The minimum absolute atomic E-state index is 0.136. The zero-order chi connectivity index (χ0) is 19.2. The van der Waals surface area contributed by atoms with Crippen molar-refractivity contribution >= 4 is 17.9 Å². The maximum absolute atomic E-state index is 13.1. The lowest BCUT2D eigenvalue weighted by atomic mass is 9.89. The number of nitrogens with one attached hydrogen (secondary N) is 1. The fourth-order valence-corrected chi connectivity index (χ4v) is 3.82. The van der Waals surface area contributed by atoms with Crippen molar-refractivity contribution in [3.8, 4) is 0 Å². The van der Waals surface area contributed by atoms with Gasteiger partial charge in [0, 0.05) is 0 Å². The van der Waals surface area contributed by atoms with Crippen molar-refractivity contribution in [2.45, 2.75) is 38.3 Å². The summed E-state index contributed by atoms with van der Waals surface area (Å²) in [5, 5.41) is 2.79. The molecule has 1 atom stereocenters. The summed E-state index contributed by atoms with van der Waals surface area (Å²) in [5.74, 6) is -0.742. The van der Waals surface area contributed by atoms with Crippen LogP contribution in [-0.4, -0.2) is 29.9 Å². The normalized spacial score (nSPS) is 21.3. The van der Waals surface area contributed by atoms with E-state index < -0.39 is 17.5 Å². The fraction of sp³-hybridized carbons (Fsp3) is 0.350. The van der Waals surface area contributed by atoms with Crippen LogP contribution in [0.2, 0.25) is 0 Å². The minimum Gasteiger partial charge on any atom is -0.467 e. The number of furan rings is 1. The van der Waals surface area contributed by atoms with Crippen LogP contribution in [0, 0.1) is 0 Å². The molecule has 0 bridgehead atoms. The van der Waals surface area contributed by atoms with Gasteiger partial charge >= 0.3 is 12.0 Å². The average molecular weight is 368 g/mol. The van der Waals surface area contributed by atoms with Crippen LogP contribution >= 0.6 is 0 Å². The molecule has 3 amide bonds. The van der Waals surface area contributed by atoms with Gasteiger partial charge in [0.15, 0.2) is 0 Å². The van der Waals surface area contributed by atoms with Crippen LogP contribution in [0.1, 0.15) is 46.2 Å². The van der Waals surface area contributed by atoms with E-state index in [9.17, 15) is 14.4 Å². The number of amides is 3. The van der Waals surface area contributed by atoms with E-state index in [1.165, 1.54) is 30.6 Å². The predicted octanol–water partition coefficient (Wildman–Crippen LogP) is 2.52. The van der Waals surface area contributed by atoms with Gasteiger partial charge in [-0.15, -0.1) is 0 Å². The molecule has 0 spiro atoms. The highest BCUT2D eigenvalue weighted by Crippen LogP contribution is 2.33. The monoisotopic (exact) mass is 368 g/mol. The summed E-state index contributed by atoms with van der Waals surface area (Å²) in [6.07, 6.45) is 4.48. The van der Waals surface area contributed by atoms with Gasteiger partial charge in [-0.25, -0.2) is 9.59 Å². The molecule has 7 nitrogen and oxygen atoms in total. The van der Waals surface area contributed by atoms with Gasteiger partial charge in [-0.05, 0) is 48.9 Å². The molecule has 1 aliphatic heterocycles. The zero-order valence-electron chi connectivity index (χ0n) is 15.2. The highest BCUT2D eigenvalue weighted by Gasteiger charge is 2.49. The number of ether oxygens (including phenoxy) is 1. The molecule has 7 heteroatoms. The number of urea groups is 1. The van der Waals surface area contributed by atoms with Crippen molar-refractivity contribution in [1.82, 2.24) is 10.2 Å². The van der Waals surface area contributed by atoms with Crippen LogP contribution in [0.3, 0.4) is 0 Å². The van der Waals surface area contributed by atoms with Gasteiger partial charge in [-0.3, -0.25) is 9.69 Å². The number of aryl methyl sites for hydroxylation is 2. The molecule has 2 heterocycles. The highest BCUT2D eigenvalue weighted by atomic mass is 16.5. The highest BCUT2D eigenvalue weighted by molar-refractivity contribution is 6.07. The average Bonchev–Trinajstić information content (AvgIpc) is 3.36. The Kier molecular flexibility index (Phi) is 4.02. The first-order valence-electron chi connectivity index (χ1n) is 8.85. The van der Waals surface area contributed by atoms with E-state index in [2.05, 4.69) is 5.32 Å². The van der Waals surface area contributed by atoms with Crippen LogP contribution in [0.15, 0.2) is 34.9 Å². The molecule has 1 aliphatic carbocycles. The molecular formula is C20H20N2O5. The molecule has 4 rings (SSSR count). The van der Waals surface area contributed by atoms with E-state index in [4.69, 9.17) is 9.15 Å². The second-order valence-electron chi connectivity index (χ2n) is 7.03. The summed E-state index contributed by atoms with van der Waals surface area (Å²) < 4.78 is 10.0. The Balaban J connectivity index is 1.62. The maximum atomic E-state index is 13.1. The molecule has 1 N–H and O–H groups in total. The number of benzene rings is 1. The number of carbonyl (C=O) groups is 3. The van der Waals surface area contributed by atoms with Crippen LogP contribution in [-0.2, 0) is 34.5 Å². The van der Waals surface area contributed by atoms with E-state index in [-0.39, 0.29) is 23.8 Å². The molecular weight excluding hydrogens is 348 g/mol. The smallest absolute Gasteiger partial charge is 0.341 e. The maximum Gasteiger partial charge on any atom is 0.341 e. The van der Waals surface area contributed by atoms with E-state index in [1.54, 1.807) is 6.92 Å². The zero-order valence-corrected chi connectivity index (χ0v) is 15.2. The Bertz CT molecular complexity index is 948. The number of hydrogen-bond donors (Lipinski definition) is 1. The summed E-state index contributed by atoms with van der Waals surface area (Å²) in [6, 6.07) is 6.89. The van der Waals surface area contributed by atoms with Crippen molar-refractivity contribution in [3.05, 3.63) is 58.5 Å². The van der Waals surface area contributed by atoms with E-state index in [0.29, 0.717) is 0 Å². The molecule has 1 aromatic carbocycles. The molecule has 140 valence electrons.